The number of para-hydroxylation sites is 1. The first-order valence-corrected chi connectivity index (χ1v) is 7.43. The van der Waals surface area contributed by atoms with E-state index in [1.165, 1.54) is 0 Å². The second kappa shape index (κ2) is 6.88. The minimum absolute atomic E-state index is 0.0724. The van der Waals surface area contributed by atoms with E-state index in [-0.39, 0.29) is 5.78 Å². The number of ketones is 1. The van der Waals surface area contributed by atoms with E-state index in [1.807, 2.05) is 48.5 Å². The van der Waals surface area contributed by atoms with E-state index >= 15 is 0 Å². The molecule has 3 heteroatoms. The van der Waals surface area contributed by atoms with Gasteiger partial charge in [0.25, 0.3) is 0 Å². The van der Waals surface area contributed by atoms with E-state index in [0.717, 1.165) is 22.4 Å². The van der Waals surface area contributed by atoms with E-state index in [0.29, 0.717) is 12.0 Å². The number of rotatable bonds is 5. The third kappa shape index (κ3) is 3.46. The monoisotopic (exact) mass is 303 g/mol. The van der Waals surface area contributed by atoms with Crippen molar-refractivity contribution in [2.45, 2.75) is 6.42 Å². The Morgan fingerprint density at radius 1 is 1.00 bits per heavy atom. The van der Waals surface area contributed by atoms with Crippen LogP contribution in [0.3, 0.4) is 0 Å². The van der Waals surface area contributed by atoms with Crippen molar-refractivity contribution in [2.24, 2.45) is 0 Å². The summed E-state index contributed by atoms with van der Waals surface area (Å²) in [7, 11) is 1.67. The molecule has 0 spiro atoms. The average Bonchev–Trinajstić information content (AvgIpc) is 2.63. The molecule has 0 atom stereocenters. The molecule has 0 fully saturated rings. The number of hydrogen-bond donors (Lipinski definition) is 0. The summed E-state index contributed by atoms with van der Waals surface area (Å²) in [4.78, 5) is 16.2. The lowest BCUT2D eigenvalue weighted by atomic mass is 10.00. The number of carbonyl (C=O) groups excluding carboxylic acids is 1. The summed E-state index contributed by atoms with van der Waals surface area (Å²) in [5, 5.41) is 0. The second-order valence-electron chi connectivity index (χ2n) is 5.24. The first-order chi connectivity index (χ1) is 11.3. The topological polar surface area (TPSA) is 39.2 Å². The first kappa shape index (κ1) is 15.0. The predicted octanol–water partition coefficient (Wildman–Crippen LogP) is 4.18. The number of nitrogens with zero attached hydrogens (tertiary/aromatic N) is 1. The van der Waals surface area contributed by atoms with Gasteiger partial charge in [0, 0.05) is 29.9 Å². The van der Waals surface area contributed by atoms with Crippen LogP contribution in [0.4, 0.5) is 0 Å². The third-order valence-corrected chi connectivity index (χ3v) is 3.72. The Labute approximate surface area is 135 Å². The van der Waals surface area contributed by atoms with Gasteiger partial charge in [-0.2, -0.15) is 0 Å². The van der Waals surface area contributed by atoms with Crippen LogP contribution in [0.1, 0.15) is 15.9 Å². The van der Waals surface area contributed by atoms with Crippen molar-refractivity contribution < 1.29 is 9.53 Å². The van der Waals surface area contributed by atoms with Crippen molar-refractivity contribution in [2.75, 3.05) is 7.11 Å². The van der Waals surface area contributed by atoms with Crippen LogP contribution in [0.25, 0.3) is 11.1 Å². The van der Waals surface area contributed by atoms with Crippen LogP contribution >= 0.6 is 0 Å². The molecule has 2 aromatic carbocycles. The molecule has 0 radical (unpaired) electrons. The number of ether oxygens (including phenoxy) is 1. The van der Waals surface area contributed by atoms with Crippen molar-refractivity contribution in [3.63, 3.8) is 0 Å². The zero-order valence-corrected chi connectivity index (χ0v) is 12.9. The first-order valence-electron chi connectivity index (χ1n) is 7.43. The van der Waals surface area contributed by atoms with Crippen LogP contribution < -0.4 is 4.74 Å². The quantitative estimate of drug-likeness (QED) is 0.664. The molecule has 0 saturated carbocycles. The Balaban J connectivity index is 1.79. The predicted molar refractivity (Wildman–Crippen MR) is 90.7 cm³/mol. The summed E-state index contributed by atoms with van der Waals surface area (Å²) >= 11 is 0. The van der Waals surface area contributed by atoms with E-state index < -0.39 is 0 Å². The van der Waals surface area contributed by atoms with Gasteiger partial charge in [-0.05, 0) is 29.3 Å². The Kier molecular flexibility index (Phi) is 4.48. The maximum absolute atomic E-state index is 12.2. The Bertz CT molecular complexity index is 795. The molecule has 0 saturated heterocycles. The lowest BCUT2D eigenvalue weighted by Gasteiger charge is -2.09. The van der Waals surface area contributed by atoms with Crippen LogP contribution in [-0.4, -0.2) is 17.9 Å². The largest absolute Gasteiger partial charge is 0.496 e. The summed E-state index contributed by atoms with van der Waals surface area (Å²) in [5.41, 5.74) is 3.74. The van der Waals surface area contributed by atoms with Crippen LogP contribution in [0.5, 0.6) is 5.75 Å². The highest BCUT2D eigenvalue weighted by atomic mass is 16.5. The molecule has 1 aromatic heterocycles. The molecular weight excluding hydrogens is 286 g/mol. The van der Waals surface area contributed by atoms with Crippen molar-refractivity contribution >= 4 is 5.78 Å². The number of pyridine rings is 1. The number of hydrogen-bond acceptors (Lipinski definition) is 3. The number of benzene rings is 2. The average molecular weight is 303 g/mol. The van der Waals surface area contributed by atoms with Gasteiger partial charge in [0.2, 0.25) is 0 Å². The second-order valence-corrected chi connectivity index (χ2v) is 5.24. The Morgan fingerprint density at radius 3 is 2.48 bits per heavy atom. The van der Waals surface area contributed by atoms with Crippen molar-refractivity contribution in [3.05, 3.63) is 84.2 Å². The van der Waals surface area contributed by atoms with Gasteiger partial charge in [-0.3, -0.25) is 9.78 Å². The summed E-state index contributed by atoms with van der Waals surface area (Å²) in [6.45, 7) is 0. The van der Waals surface area contributed by atoms with Gasteiger partial charge in [-0.15, -0.1) is 0 Å². The lowest BCUT2D eigenvalue weighted by Crippen LogP contribution is -2.03. The van der Waals surface area contributed by atoms with E-state index in [4.69, 9.17) is 4.74 Å². The normalized spacial score (nSPS) is 10.3. The van der Waals surface area contributed by atoms with Gasteiger partial charge >= 0.3 is 0 Å². The van der Waals surface area contributed by atoms with Crippen molar-refractivity contribution in [1.82, 2.24) is 4.98 Å². The maximum atomic E-state index is 12.2. The fraction of sp³-hybridized carbons (Fsp3) is 0.100. The van der Waals surface area contributed by atoms with Gasteiger partial charge in [-0.1, -0.05) is 42.5 Å². The molecule has 114 valence electrons. The van der Waals surface area contributed by atoms with E-state index in [9.17, 15) is 4.79 Å². The SMILES string of the molecule is COc1ccccc1-c1ccc(CC(=O)c2cccnc2)cc1. The van der Waals surface area contributed by atoms with Gasteiger partial charge in [-0.25, -0.2) is 0 Å². The molecule has 3 aromatic rings. The fourth-order valence-corrected chi connectivity index (χ4v) is 2.50. The highest BCUT2D eigenvalue weighted by molar-refractivity contribution is 5.97. The van der Waals surface area contributed by atoms with Gasteiger partial charge in [0.05, 0.1) is 7.11 Å². The van der Waals surface area contributed by atoms with Crippen LogP contribution in [-0.2, 0) is 6.42 Å². The highest BCUT2D eigenvalue weighted by Crippen LogP contribution is 2.29. The van der Waals surface area contributed by atoms with Gasteiger partial charge < -0.3 is 4.74 Å². The summed E-state index contributed by atoms with van der Waals surface area (Å²) < 4.78 is 5.39. The molecule has 0 unspecified atom stereocenters. The van der Waals surface area contributed by atoms with Gasteiger partial charge in [0.15, 0.2) is 5.78 Å². The third-order valence-electron chi connectivity index (χ3n) is 3.72. The Morgan fingerprint density at radius 2 is 1.78 bits per heavy atom. The van der Waals surface area contributed by atoms with Crippen LogP contribution in [0.2, 0.25) is 0 Å². The number of Topliss-reactive ketones (excluding diaryl/α,β-unsaturated/α-hetero) is 1. The van der Waals surface area contributed by atoms with Crippen LogP contribution in [0.15, 0.2) is 73.1 Å². The summed E-state index contributed by atoms with van der Waals surface area (Å²) in [5.74, 6) is 0.912. The molecule has 1 heterocycles. The number of aromatic nitrogens is 1. The summed E-state index contributed by atoms with van der Waals surface area (Å²) in [6, 6.07) is 19.5. The molecule has 23 heavy (non-hydrogen) atoms. The zero-order valence-electron chi connectivity index (χ0n) is 12.9. The molecule has 0 aliphatic rings. The lowest BCUT2D eigenvalue weighted by molar-refractivity contribution is 0.0992. The molecule has 0 amide bonds. The summed E-state index contributed by atoms with van der Waals surface area (Å²) in [6.07, 6.45) is 3.64. The molecular formula is C20H17NO2. The molecule has 3 nitrogen and oxygen atoms in total. The molecule has 0 aliphatic carbocycles. The fourth-order valence-electron chi connectivity index (χ4n) is 2.50. The highest BCUT2D eigenvalue weighted by Gasteiger charge is 2.08. The zero-order chi connectivity index (χ0) is 16.1. The minimum atomic E-state index is 0.0724. The maximum Gasteiger partial charge on any atom is 0.168 e. The van der Waals surface area contributed by atoms with Crippen LogP contribution in [0, 0.1) is 0 Å². The smallest absolute Gasteiger partial charge is 0.168 e. The minimum Gasteiger partial charge on any atom is -0.496 e. The number of methoxy groups -OCH3 is 1. The van der Waals surface area contributed by atoms with E-state index in [2.05, 4.69) is 4.98 Å². The van der Waals surface area contributed by atoms with Crippen molar-refractivity contribution in [3.8, 4) is 16.9 Å². The van der Waals surface area contributed by atoms with Gasteiger partial charge in [0.1, 0.15) is 5.75 Å². The molecule has 3 rings (SSSR count). The Hall–Kier alpha value is -2.94. The molecule has 0 aliphatic heterocycles. The molecule has 0 bridgehead atoms. The number of carbonyl (C=O) groups is 1. The van der Waals surface area contributed by atoms with E-state index in [1.54, 1.807) is 31.6 Å². The molecule has 0 N–H and O–H groups in total. The standard InChI is InChI=1S/C20H17NO2/c1-23-20-7-3-2-6-18(20)16-10-8-15(9-11-16)13-19(22)17-5-4-12-21-14-17/h2-12,14H,13H2,1H3. The van der Waals surface area contributed by atoms with Crippen molar-refractivity contribution in [1.29, 1.82) is 0 Å².